The Hall–Kier alpha value is -3.23. The highest BCUT2D eigenvalue weighted by atomic mass is 35.5. The maximum atomic E-state index is 12.8. The van der Waals surface area contributed by atoms with E-state index in [1.807, 2.05) is 23.1 Å². The van der Waals surface area contributed by atoms with Crippen molar-refractivity contribution in [2.75, 3.05) is 40.5 Å². The number of piperidine rings is 1. The Morgan fingerprint density at radius 3 is 2.64 bits per heavy atom. The summed E-state index contributed by atoms with van der Waals surface area (Å²) in [5.74, 6) is 2.85. The van der Waals surface area contributed by atoms with Gasteiger partial charge in [0.15, 0.2) is 23.0 Å². The third-order valence-corrected chi connectivity index (χ3v) is 7.83. The molecule has 1 saturated heterocycles. The second kappa shape index (κ2) is 10.8. The summed E-state index contributed by atoms with van der Waals surface area (Å²) in [6, 6.07) is 9.53. The van der Waals surface area contributed by atoms with Crippen LogP contribution in [-0.4, -0.2) is 56.3 Å². The van der Waals surface area contributed by atoms with Gasteiger partial charge in [-0.2, -0.15) is 0 Å². The Kier molecular flexibility index (Phi) is 7.34. The molecule has 5 rings (SSSR count). The highest BCUT2D eigenvalue weighted by molar-refractivity contribution is 7.10. The van der Waals surface area contributed by atoms with E-state index in [9.17, 15) is 4.79 Å². The van der Waals surface area contributed by atoms with Gasteiger partial charge >= 0.3 is 0 Å². The molecule has 0 aliphatic carbocycles. The molecule has 2 aromatic carbocycles. The number of hydrogen-bond acceptors (Lipinski definition) is 7. The van der Waals surface area contributed by atoms with E-state index in [2.05, 4.69) is 5.38 Å². The Morgan fingerprint density at radius 2 is 1.89 bits per heavy atom. The molecule has 0 radical (unpaired) electrons. The molecule has 0 spiro atoms. The lowest BCUT2D eigenvalue weighted by Gasteiger charge is -2.30. The van der Waals surface area contributed by atoms with Gasteiger partial charge in [-0.25, -0.2) is 4.98 Å². The van der Waals surface area contributed by atoms with Crippen LogP contribution in [0.3, 0.4) is 0 Å². The number of halogens is 1. The summed E-state index contributed by atoms with van der Waals surface area (Å²) < 4.78 is 21.9. The molecule has 1 aromatic heterocycles. The normalized spacial score (nSPS) is 15.8. The summed E-state index contributed by atoms with van der Waals surface area (Å²) in [5, 5.41) is 3.62. The van der Waals surface area contributed by atoms with E-state index in [-0.39, 0.29) is 5.91 Å². The number of carbonyl (C=O) groups is 1. The molecule has 3 heterocycles. The van der Waals surface area contributed by atoms with E-state index in [0.717, 1.165) is 40.6 Å². The van der Waals surface area contributed by atoms with Crippen LogP contribution in [0.1, 0.15) is 29.3 Å². The first-order valence-electron chi connectivity index (χ1n) is 11.8. The Bertz CT molecular complexity index is 1280. The van der Waals surface area contributed by atoms with Crippen molar-refractivity contribution in [1.29, 1.82) is 0 Å². The molecule has 3 aromatic rings. The van der Waals surface area contributed by atoms with Gasteiger partial charge in [0.25, 0.3) is 0 Å². The van der Waals surface area contributed by atoms with Crippen molar-refractivity contribution >= 4 is 34.9 Å². The number of benzene rings is 2. The van der Waals surface area contributed by atoms with E-state index in [1.165, 1.54) is 7.11 Å². The largest absolute Gasteiger partial charge is 0.493 e. The predicted octanol–water partition coefficient (Wildman–Crippen LogP) is 5.67. The first kappa shape index (κ1) is 24.5. The number of hydrogen-bond donors (Lipinski definition) is 0. The highest BCUT2D eigenvalue weighted by Gasteiger charge is 2.25. The van der Waals surface area contributed by atoms with E-state index in [1.54, 1.807) is 42.7 Å². The fourth-order valence-corrected chi connectivity index (χ4v) is 5.75. The van der Waals surface area contributed by atoms with Gasteiger partial charge in [0, 0.05) is 36.0 Å². The van der Waals surface area contributed by atoms with E-state index in [0.29, 0.717) is 54.3 Å². The Morgan fingerprint density at radius 1 is 1.11 bits per heavy atom. The topological polar surface area (TPSA) is 70.1 Å². The maximum absolute atomic E-state index is 12.8. The second-order valence-corrected chi connectivity index (χ2v) is 9.83. The van der Waals surface area contributed by atoms with E-state index in [4.69, 9.17) is 35.5 Å². The standard InChI is InChI=1S/C27H27ClN2O5S/c1-32-22-7-3-17(25(28)26(22)33-2)5-8-24(31)30-11-9-18(10-12-30)27-29-20(16-36-27)19-4-6-21-23(15-19)35-14-13-34-21/h3-8,15-16,18H,9-14H2,1-2H3/b8-5+. The number of aromatic nitrogens is 1. The van der Waals surface area contributed by atoms with E-state index >= 15 is 0 Å². The van der Waals surface area contributed by atoms with Gasteiger partial charge in [0.2, 0.25) is 5.91 Å². The minimum absolute atomic E-state index is 0.0320. The smallest absolute Gasteiger partial charge is 0.246 e. The van der Waals surface area contributed by atoms with Crippen LogP contribution in [0.2, 0.25) is 5.02 Å². The molecule has 0 atom stereocenters. The van der Waals surface area contributed by atoms with Crippen LogP contribution in [0.4, 0.5) is 0 Å². The summed E-state index contributed by atoms with van der Waals surface area (Å²) >= 11 is 8.11. The van der Waals surface area contributed by atoms with E-state index < -0.39 is 0 Å². The quantitative estimate of drug-likeness (QED) is 0.385. The molecule has 188 valence electrons. The van der Waals surface area contributed by atoms with Gasteiger partial charge in [-0.3, -0.25) is 4.79 Å². The van der Waals surface area contributed by atoms with Crippen molar-refractivity contribution in [3.63, 3.8) is 0 Å². The minimum atomic E-state index is -0.0320. The summed E-state index contributed by atoms with van der Waals surface area (Å²) in [6.45, 7) is 2.51. The summed E-state index contributed by atoms with van der Waals surface area (Å²) in [7, 11) is 3.09. The number of nitrogens with zero attached hydrogens (tertiary/aromatic N) is 2. The van der Waals surface area contributed by atoms with Crippen molar-refractivity contribution < 1.29 is 23.7 Å². The number of thiazole rings is 1. The van der Waals surface area contributed by atoms with Crippen molar-refractivity contribution in [3.05, 3.63) is 57.4 Å². The molecule has 7 nitrogen and oxygen atoms in total. The number of amides is 1. The van der Waals surface area contributed by atoms with Crippen molar-refractivity contribution in [3.8, 4) is 34.3 Å². The highest BCUT2D eigenvalue weighted by Crippen LogP contribution is 2.39. The van der Waals surface area contributed by atoms with Gasteiger partial charge in [-0.15, -0.1) is 11.3 Å². The fourth-order valence-electron chi connectivity index (χ4n) is 4.46. The van der Waals surface area contributed by atoms with Gasteiger partial charge in [0.1, 0.15) is 13.2 Å². The van der Waals surface area contributed by atoms with Gasteiger partial charge in [-0.1, -0.05) is 11.6 Å². The molecule has 36 heavy (non-hydrogen) atoms. The SMILES string of the molecule is COc1ccc(/C=C/C(=O)N2CCC(c3nc(-c4ccc5c(c4)OCCO5)cs3)CC2)c(Cl)c1OC. The average Bonchev–Trinajstić information content (AvgIpc) is 3.42. The Balaban J connectivity index is 1.20. The number of rotatable bonds is 6. The molecule has 0 unspecified atom stereocenters. The van der Waals surface area contributed by atoms with Crippen molar-refractivity contribution in [2.24, 2.45) is 0 Å². The van der Waals surface area contributed by atoms with Crippen LogP contribution < -0.4 is 18.9 Å². The fraction of sp³-hybridized carbons (Fsp3) is 0.333. The summed E-state index contributed by atoms with van der Waals surface area (Å²) in [5.41, 5.74) is 2.67. The maximum Gasteiger partial charge on any atom is 0.246 e. The summed E-state index contributed by atoms with van der Waals surface area (Å²) in [6.07, 6.45) is 5.05. The molecule has 1 fully saturated rings. The predicted molar refractivity (Wildman–Crippen MR) is 141 cm³/mol. The summed E-state index contributed by atoms with van der Waals surface area (Å²) in [4.78, 5) is 19.6. The first-order chi connectivity index (χ1) is 17.6. The number of fused-ring (bicyclic) bond motifs is 1. The molecule has 2 aliphatic heterocycles. The number of carbonyl (C=O) groups excluding carboxylic acids is 1. The second-order valence-electron chi connectivity index (χ2n) is 8.57. The number of methoxy groups -OCH3 is 2. The molecule has 0 N–H and O–H groups in total. The lowest BCUT2D eigenvalue weighted by molar-refractivity contribution is -0.126. The zero-order valence-electron chi connectivity index (χ0n) is 20.2. The van der Waals surface area contributed by atoms with Crippen LogP contribution >= 0.6 is 22.9 Å². The molecular formula is C27H27ClN2O5S. The zero-order chi connectivity index (χ0) is 25.1. The minimum Gasteiger partial charge on any atom is -0.493 e. The zero-order valence-corrected chi connectivity index (χ0v) is 21.7. The lowest BCUT2D eigenvalue weighted by atomic mass is 9.97. The van der Waals surface area contributed by atoms with Crippen molar-refractivity contribution in [1.82, 2.24) is 9.88 Å². The average molecular weight is 527 g/mol. The number of likely N-dealkylation sites (tertiary alicyclic amines) is 1. The molecular weight excluding hydrogens is 500 g/mol. The van der Waals surface area contributed by atoms with Crippen LogP contribution in [0.25, 0.3) is 17.3 Å². The Labute approximate surface area is 219 Å². The third kappa shape index (κ3) is 5.01. The molecule has 0 saturated carbocycles. The molecule has 0 bridgehead atoms. The molecule has 9 heteroatoms. The van der Waals surface area contributed by atoms with Crippen LogP contribution in [0.15, 0.2) is 41.8 Å². The van der Waals surface area contributed by atoms with Gasteiger partial charge in [-0.05, 0) is 54.8 Å². The van der Waals surface area contributed by atoms with Gasteiger partial charge in [0.05, 0.1) is 29.9 Å². The van der Waals surface area contributed by atoms with Crippen LogP contribution in [0.5, 0.6) is 23.0 Å². The van der Waals surface area contributed by atoms with Crippen LogP contribution in [0, 0.1) is 0 Å². The third-order valence-electron chi connectivity index (χ3n) is 6.44. The van der Waals surface area contributed by atoms with Gasteiger partial charge < -0.3 is 23.8 Å². The monoisotopic (exact) mass is 526 g/mol. The van der Waals surface area contributed by atoms with Crippen molar-refractivity contribution in [2.45, 2.75) is 18.8 Å². The number of ether oxygens (including phenoxy) is 4. The molecule has 1 amide bonds. The lowest BCUT2D eigenvalue weighted by Crippen LogP contribution is -2.36. The van der Waals surface area contributed by atoms with Crippen LogP contribution in [-0.2, 0) is 4.79 Å². The first-order valence-corrected chi connectivity index (χ1v) is 13.1. The molecule has 2 aliphatic rings.